The van der Waals surface area contributed by atoms with E-state index >= 15 is 0 Å². The molecule has 10 nitrogen and oxygen atoms in total. The van der Waals surface area contributed by atoms with Crippen molar-refractivity contribution >= 4 is 36.0 Å². The number of nitrogens with zero attached hydrogens (tertiary/aromatic N) is 6. The van der Waals surface area contributed by atoms with Crippen molar-refractivity contribution < 1.29 is 36.7 Å². The van der Waals surface area contributed by atoms with Gasteiger partial charge in [-0.3, -0.25) is 14.5 Å². The lowest BCUT2D eigenvalue weighted by molar-refractivity contribution is -0.126. The van der Waals surface area contributed by atoms with Gasteiger partial charge in [0, 0.05) is 45.8 Å². The number of rotatable bonds is 7. The van der Waals surface area contributed by atoms with Crippen LogP contribution in [-0.2, 0) is 9.59 Å². The van der Waals surface area contributed by atoms with E-state index in [1.54, 1.807) is 4.90 Å². The van der Waals surface area contributed by atoms with Crippen LogP contribution in [0.15, 0.2) is 42.9 Å². The minimum atomic E-state index is -5.17. The van der Waals surface area contributed by atoms with Gasteiger partial charge < -0.3 is 19.4 Å². The van der Waals surface area contributed by atoms with E-state index in [1.165, 1.54) is 38.3 Å². The maximum Gasteiger partial charge on any atom is 0.431 e. The third kappa shape index (κ3) is 6.51. The van der Waals surface area contributed by atoms with Gasteiger partial charge in [0.2, 0.25) is 12.3 Å². The Hall–Kier alpha value is -4.49. The van der Waals surface area contributed by atoms with Crippen LogP contribution >= 0.6 is 0 Å². The molecule has 0 saturated carbocycles. The van der Waals surface area contributed by atoms with Gasteiger partial charge in [-0.15, -0.1) is 0 Å². The van der Waals surface area contributed by atoms with E-state index in [4.69, 9.17) is 4.74 Å². The number of alkyl halides is 3. The number of anilines is 2. The molecule has 0 unspecified atom stereocenters. The molecule has 0 radical (unpaired) electrons. The number of aromatic nitrogens is 2. The summed E-state index contributed by atoms with van der Waals surface area (Å²) in [5.41, 5.74) is -2.38. The topological polar surface area (TPSA) is 99.2 Å². The van der Waals surface area contributed by atoms with Crippen molar-refractivity contribution in [2.45, 2.75) is 13.1 Å². The number of hydrogen-bond acceptors (Lipinski definition) is 7. The first-order valence-electron chi connectivity index (χ1n) is 11.6. The Morgan fingerprint density at radius 1 is 1.13 bits per heavy atom. The zero-order valence-corrected chi connectivity index (χ0v) is 21.4. The largest absolute Gasteiger partial charge is 0.431 e. The van der Waals surface area contributed by atoms with Crippen LogP contribution in [0.3, 0.4) is 0 Å². The number of halogens is 4. The molecule has 0 bridgehead atoms. The second-order valence-electron chi connectivity index (χ2n) is 8.56. The molecule has 1 aliphatic rings. The zero-order valence-electron chi connectivity index (χ0n) is 21.4. The van der Waals surface area contributed by atoms with E-state index < -0.39 is 35.2 Å². The van der Waals surface area contributed by atoms with Crippen molar-refractivity contribution in [2.24, 2.45) is 0 Å². The van der Waals surface area contributed by atoms with Crippen LogP contribution in [0.4, 0.5) is 33.9 Å². The molecule has 1 aromatic heterocycles. The van der Waals surface area contributed by atoms with Crippen molar-refractivity contribution in [3.05, 3.63) is 60.0 Å². The molecule has 0 aliphatic carbocycles. The molecule has 3 rings (SSSR count). The Kier molecular flexibility index (Phi) is 8.89. The molecule has 0 N–H and O–H groups in total. The minimum Gasteiger partial charge on any atom is -0.408 e. The molecule has 14 heteroatoms. The monoisotopic (exact) mass is 550 g/mol. The van der Waals surface area contributed by atoms with Crippen LogP contribution < -0.4 is 14.5 Å². The predicted octanol–water partition coefficient (Wildman–Crippen LogP) is 3.39. The molecule has 39 heavy (non-hydrogen) atoms. The number of para-hydroxylation sites is 1. The van der Waals surface area contributed by atoms with Crippen LogP contribution in [0.2, 0.25) is 0 Å². The van der Waals surface area contributed by atoms with Gasteiger partial charge in [0.25, 0.3) is 0 Å². The van der Waals surface area contributed by atoms with E-state index in [2.05, 4.69) is 16.5 Å². The maximum absolute atomic E-state index is 14.9. The van der Waals surface area contributed by atoms with Gasteiger partial charge in [-0.25, -0.2) is 19.2 Å². The molecule has 1 aliphatic heterocycles. The Bertz CT molecular complexity index is 1290. The minimum absolute atomic E-state index is 0.0323. The lowest BCUT2D eigenvalue weighted by atomic mass is 10.1. The summed E-state index contributed by atoms with van der Waals surface area (Å²) in [6.07, 6.45) is -3.37. The lowest BCUT2D eigenvalue weighted by Gasteiger charge is -2.35. The lowest BCUT2D eigenvalue weighted by Crippen LogP contribution is -2.48. The Labute approximate surface area is 221 Å². The van der Waals surface area contributed by atoms with Crippen LogP contribution in [0.5, 0.6) is 5.75 Å². The predicted molar refractivity (Wildman–Crippen MR) is 134 cm³/mol. The van der Waals surface area contributed by atoms with Crippen LogP contribution in [0.1, 0.15) is 11.3 Å². The number of carbonyl (C=O) groups is 3. The molecule has 0 spiro atoms. The van der Waals surface area contributed by atoms with E-state index in [-0.39, 0.29) is 60.5 Å². The average Bonchev–Trinajstić information content (AvgIpc) is 2.89. The second kappa shape index (κ2) is 11.9. The summed E-state index contributed by atoms with van der Waals surface area (Å²) in [5, 5.41) is 0. The number of ether oxygens (including phenoxy) is 1. The first-order valence-corrected chi connectivity index (χ1v) is 11.6. The molecule has 0 atom stereocenters. The standard InChI is InChI=1S/C25H26F4N6O4/c1-5-21(37)33-9-11-34(12-10-33)23-17(16(2)30-14-31-23)13-20(25(27,28)29)35(15-36)22-18(26)7-6-8-19(22)39-24(38)32(3)4/h5-8,13-15H,1,9-12H2,2-4H3/b20-13-. The second-order valence-corrected chi connectivity index (χ2v) is 8.56. The highest BCUT2D eigenvalue weighted by Gasteiger charge is 2.41. The summed E-state index contributed by atoms with van der Waals surface area (Å²) < 4.78 is 63.3. The van der Waals surface area contributed by atoms with Crippen molar-refractivity contribution in [3.8, 4) is 5.75 Å². The van der Waals surface area contributed by atoms with Gasteiger partial charge >= 0.3 is 12.3 Å². The van der Waals surface area contributed by atoms with Crippen LogP contribution in [0, 0.1) is 12.7 Å². The summed E-state index contributed by atoms with van der Waals surface area (Å²) in [5.74, 6) is -1.97. The van der Waals surface area contributed by atoms with Gasteiger partial charge in [-0.05, 0) is 31.2 Å². The molecule has 3 amide bonds. The van der Waals surface area contributed by atoms with E-state index in [9.17, 15) is 31.9 Å². The van der Waals surface area contributed by atoms with Gasteiger partial charge in [0.05, 0.1) is 5.69 Å². The number of hydrogen-bond donors (Lipinski definition) is 0. The van der Waals surface area contributed by atoms with Crippen molar-refractivity contribution in [1.82, 2.24) is 19.8 Å². The van der Waals surface area contributed by atoms with E-state index in [0.717, 1.165) is 23.1 Å². The van der Waals surface area contributed by atoms with Crippen LogP contribution in [0.25, 0.3) is 6.08 Å². The summed E-state index contributed by atoms with van der Waals surface area (Å²) in [7, 11) is 2.65. The molecular weight excluding hydrogens is 524 g/mol. The number of piperazine rings is 1. The molecule has 1 saturated heterocycles. The average molecular weight is 551 g/mol. The van der Waals surface area contributed by atoms with E-state index in [0.29, 0.717) is 6.08 Å². The quantitative estimate of drug-likeness (QED) is 0.296. The number of benzene rings is 1. The van der Waals surface area contributed by atoms with Gasteiger partial charge in [-0.2, -0.15) is 13.2 Å². The van der Waals surface area contributed by atoms with Crippen LogP contribution in [-0.4, -0.2) is 84.6 Å². The first kappa shape index (κ1) is 29.1. The Morgan fingerprint density at radius 3 is 2.36 bits per heavy atom. The Balaban J connectivity index is 2.12. The Morgan fingerprint density at radius 2 is 1.79 bits per heavy atom. The highest BCUT2D eigenvalue weighted by atomic mass is 19.4. The fourth-order valence-electron chi connectivity index (χ4n) is 3.81. The molecule has 1 aromatic carbocycles. The number of aryl methyl sites for hydroxylation is 1. The molecule has 2 heterocycles. The highest BCUT2D eigenvalue weighted by Crippen LogP contribution is 2.40. The van der Waals surface area contributed by atoms with Crippen molar-refractivity contribution in [2.75, 3.05) is 50.1 Å². The molecule has 2 aromatic rings. The fraction of sp³-hybridized carbons (Fsp3) is 0.320. The van der Waals surface area contributed by atoms with Crippen molar-refractivity contribution in [1.29, 1.82) is 0 Å². The normalized spacial score (nSPS) is 14.1. The fourth-order valence-corrected chi connectivity index (χ4v) is 3.81. The number of amides is 3. The molecular formula is C25H26F4N6O4. The summed E-state index contributed by atoms with van der Waals surface area (Å²) in [4.78, 5) is 48.5. The number of allylic oxidation sites excluding steroid dienone is 1. The maximum atomic E-state index is 14.9. The highest BCUT2D eigenvalue weighted by molar-refractivity contribution is 5.89. The third-order valence-electron chi connectivity index (χ3n) is 5.82. The SMILES string of the molecule is C=CC(=O)N1CCN(c2ncnc(C)c2/C=C(\N(C=O)c2c(F)cccc2OC(=O)N(C)C)C(F)(F)F)CC1. The molecule has 208 valence electrons. The number of carbonyl (C=O) groups excluding carboxylic acids is 3. The van der Waals surface area contributed by atoms with Gasteiger partial charge in [0.15, 0.2) is 11.6 Å². The summed E-state index contributed by atoms with van der Waals surface area (Å²) in [6.45, 7) is 5.98. The summed E-state index contributed by atoms with van der Waals surface area (Å²) >= 11 is 0. The first-order chi connectivity index (χ1) is 18.4. The smallest absolute Gasteiger partial charge is 0.408 e. The zero-order chi connectivity index (χ0) is 28.9. The summed E-state index contributed by atoms with van der Waals surface area (Å²) in [6, 6.07) is 3.02. The van der Waals surface area contributed by atoms with Crippen molar-refractivity contribution in [3.63, 3.8) is 0 Å². The third-order valence-corrected chi connectivity index (χ3v) is 5.82. The van der Waals surface area contributed by atoms with Gasteiger partial charge in [-0.1, -0.05) is 12.6 Å². The van der Waals surface area contributed by atoms with Gasteiger partial charge in [0.1, 0.15) is 23.5 Å². The van der Waals surface area contributed by atoms with E-state index in [1.807, 2.05) is 0 Å². The molecule has 1 fully saturated rings.